The number of ether oxygens (including phenoxy) is 2. The van der Waals surface area contributed by atoms with Gasteiger partial charge in [-0.25, -0.2) is 4.79 Å². The lowest BCUT2D eigenvalue weighted by molar-refractivity contribution is -0.152. The molecule has 0 spiro atoms. The number of hydrogen-bond acceptors (Lipinski definition) is 4. The van der Waals surface area contributed by atoms with Gasteiger partial charge in [-0.05, 0) is 36.2 Å². The summed E-state index contributed by atoms with van der Waals surface area (Å²) < 4.78 is 10.8. The summed E-state index contributed by atoms with van der Waals surface area (Å²) in [5.74, 6) is -0.575. The molecule has 1 heterocycles. The van der Waals surface area contributed by atoms with Crippen LogP contribution >= 0.6 is 0 Å². The third kappa shape index (κ3) is 4.36. The van der Waals surface area contributed by atoms with Gasteiger partial charge in [-0.2, -0.15) is 0 Å². The molecule has 2 N–H and O–H groups in total. The van der Waals surface area contributed by atoms with Crippen molar-refractivity contribution in [1.82, 2.24) is 5.32 Å². The van der Waals surface area contributed by atoms with Gasteiger partial charge in [-0.15, -0.1) is 0 Å². The molecule has 3 rings (SSSR count). The zero-order valence-electron chi connectivity index (χ0n) is 13.6. The van der Waals surface area contributed by atoms with Crippen LogP contribution in [-0.4, -0.2) is 29.7 Å². The summed E-state index contributed by atoms with van der Waals surface area (Å²) in [5.41, 5.74) is 0.902. The molecule has 0 radical (unpaired) electrons. The van der Waals surface area contributed by atoms with Crippen LogP contribution < -0.4 is 10.1 Å². The van der Waals surface area contributed by atoms with Crippen molar-refractivity contribution in [2.75, 3.05) is 6.61 Å². The fraction of sp³-hybridized carbons (Fsp3) is 0.263. The van der Waals surface area contributed by atoms with Gasteiger partial charge in [-0.1, -0.05) is 30.3 Å². The lowest BCUT2D eigenvalue weighted by Gasteiger charge is -2.14. The largest absolute Gasteiger partial charge is 0.479 e. The number of para-hydroxylation sites is 1. The summed E-state index contributed by atoms with van der Waals surface area (Å²) in [7, 11) is 0. The number of nitrogens with one attached hydrogen (secondary N) is 1. The summed E-state index contributed by atoms with van der Waals surface area (Å²) in [6.07, 6.45) is -0.631. The summed E-state index contributed by atoms with van der Waals surface area (Å²) in [6.45, 7) is 0.619. The van der Waals surface area contributed by atoms with E-state index in [-0.39, 0.29) is 5.91 Å². The Morgan fingerprint density at radius 1 is 1.08 bits per heavy atom. The molecule has 6 nitrogen and oxygen atoms in total. The van der Waals surface area contributed by atoms with Gasteiger partial charge in [0.25, 0.3) is 0 Å². The predicted octanol–water partition coefficient (Wildman–Crippen LogP) is 2.58. The molecule has 2 atom stereocenters. The summed E-state index contributed by atoms with van der Waals surface area (Å²) in [4.78, 5) is 23.2. The molecule has 2 aromatic carbocycles. The molecule has 130 valence electrons. The maximum atomic E-state index is 12.2. The molecule has 2 aromatic rings. The lowest BCUT2D eigenvalue weighted by atomic mass is 10.0. The fourth-order valence-electron chi connectivity index (χ4n) is 2.72. The molecule has 1 saturated heterocycles. The Hall–Kier alpha value is -2.86. The maximum Gasteiger partial charge on any atom is 0.333 e. The second-order valence-electron chi connectivity index (χ2n) is 5.80. The van der Waals surface area contributed by atoms with Crippen LogP contribution in [0.4, 0.5) is 0 Å². The van der Waals surface area contributed by atoms with Gasteiger partial charge in [0.2, 0.25) is 5.91 Å². The van der Waals surface area contributed by atoms with E-state index in [4.69, 9.17) is 14.6 Å². The number of carbonyl (C=O) groups excluding carboxylic acids is 1. The van der Waals surface area contributed by atoms with Crippen LogP contribution in [0.2, 0.25) is 0 Å². The molecular weight excluding hydrogens is 322 g/mol. The molecule has 0 saturated carbocycles. The molecule has 0 unspecified atom stereocenters. The summed E-state index contributed by atoms with van der Waals surface area (Å²) in [6, 6.07) is 16.8. The SMILES string of the molecule is O=C(NCc1ccc(Oc2ccccc2)cc1)[C@H]1CCO[C@H]1C(=O)O. The quantitative estimate of drug-likeness (QED) is 0.843. The highest BCUT2D eigenvalue weighted by Gasteiger charge is 2.38. The minimum atomic E-state index is -1.10. The van der Waals surface area contributed by atoms with Crippen molar-refractivity contribution in [3.05, 3.63) is 60.2 Å². The minimum absolute atomic E-state index is 0.292. The van der Waals surface area contributed by atoms with Crippen LogP contribution in [0.1, 0.15) is 12.0 Å². The van der Waals surface area contributed by atoms with Crippen molar-refractivity contribution in [3.8, 4) is 11.5 Å². The van der Waals surface area contributed by atoms with E-state index in [1.54, 1.807) is 0 Å². The van der Waals surface area contributed by atoms with E-state index in [2.05, 4.69) is 5.32 Å². The van der Waals surface area contributed by atoms with E-state index >= 15 is 0 Å². The number of rotatable bonds is 6. The van der Waals surface area contributed by atoms with Crippen LogP contribution in [0, 0.1) is 5.92 Å². The molecule has 1 amide bonds. The molecule has 1 aliphatic heterocycles. The Bertz CT molecular complexity index is 729. The minimum Gasteiger partial charge on any atom is -0.479 e. The van der Waals surface area contributed by atoms with Crippen molar-refractivity contribution in [3.63, 3.8) is 0 Å². The molecule has 0 bridgehead atoms. The highest BCUT2D eigenvalue weighted by Crippen LogP contribution is 2.23. The van der Waals surface area contributed by atoms with Gasteiger partial charge in [0.05, 0.1) is 5.92 Å². The van der Waals surface area contributed by atoms with Gasteiger partial charge >= 0.3 is 5.97 Å². The van der Waals surface area contributed by atoms with Crippen LogP contribution in [0.5, 0.6) is 11.5 Å². The normalized spacial score (nSPS) is 19.4. The maximum absolute atomic E-state index is 12.2. The Balaban J connectivity index is 1.53. The van der Waals surface area contributed by atoms with E-state index in [1.807, 2.05) is 54.6 Å². The van der Waals surface area contributed by atoms with E-state index in [1.165, 1.54) is 0 Å². The number of carbonyl (C=O) groups is 2. The second kappa shape index (κ2) is 7.81. The molecule has 0 aliphatic carbocycles. The van der Waals surface area contributed by atoms with Crippen molar-refractivity contribution >= 4 is 11.9 Å². The van der Waals surface area contributed by atoms with Gasteiger partial charge in [0.15, 0.2) is 6.10 Å². The molecule has 25 heavy (non-hydrogen) atoms. The number of carboxylic acid groups (broad SMARTS) is 1. The number of aliphatic carboxylic acids is 1. The van der Waals surface area contributed by atoms with Crippen LogP contribution in [0.25, 0.3) is 0 Å². The Kier molecular flexibility index (Phi) is 5.30. The van der Waals surface area contributed by atoms with Crippen LogP contribution in [0.15, 0.2) is 54.6 Å². The average Bonchev–Trinajstić information content (AvgIpc) is 3.12. The monoisotopic (exact) mass is 341 g/mol. The third-order valence-corrected chi connectivity index (χ3v) is 4.04. The number of benzene rings is 2. The highest BCUT2D eigenvalue weighted by atomic mass is 16.5. The Morgan fingerprint density at radius 3 is 2.44 bits per heavy atom. The van der Waals surface area contributed by atoms with Gasteiger partial charge < -0.3 is 19.9 Å². The first-order valence-corrected chi connectivity index (χ1v) is 8.07. The van der Waals surface area contributed by atoms with Crippen molar-refractivity contribution in [2.24, 2.45) is 5.92 Å². The Morgan fingerprint density at radius 2 is 1.76 bits per heavy atom. The van der Waals surface area contributed by atoms with E-state index < -0.39 is 18.0 Å². The zero-order chi connectivity index (χ0) is 17.6. The fourth-order valence-corrected chi connectivity index (χ4v) is 2.72. The van der Waals surface area contributed by atoms with Gasteiger partial charge in [0.1, 0.15) is 11.5 Å². The van der Waals surface area contributed by atoms with E-state index in [0.717, 1.165) is 11.3 Å². The molecule has 1 fully saturated rings. The summed E-state index contributed by atoms with van der Waals surface area (Å²) >= 11 is 0. The number of amides is 1. The van der Waals surface area contributed by atoms with Crippen molar-refractivity contribution < 1.29 is 24.2 Å². The third-order valence-electron chi connectivity index (χ3n) is 4.04. The standard InChI is InChI=1S/C19H19NO5/c21-18(16-10-11-24-17(16)19(22)23)20-12-13-6-8-15(9-7-13)25-14-4-2-1-3-5-14/h1-9,16-17H,10-12H2,(H,20,21)(H,22,23)/t16-,17+/m0/s1. The number of hydrogen-bond donors (Lipinski definition) is 2. The van der Waals surface area contributed by atoms with Crippen molar-refractivity contribution in [2.45, 2.75) is 19.1 Å². The zero-order valence-corrected chi connectivity index (χ0v) is 13.6. The molecule has 6 heteroatoms. The van der Waals surface area contributed by atoms with Crippen molar-refractivity contribution in [1.29, 1.82) is 0 Å². The average molecular weight is 341 g/mol. The second-order valence-corrected chi connectivity index (χ2v) is 5.80. The van der Waals surface area contributed by atoms with E-state index in [0.29, 0.717) is 25.3 Å². The smallest absolute Gasteiger partial charge is 0.333 e. The highest BCUT2D eigenvalue weighted by molar-refractivity contribution is 5.86. The van der Waals surface area contributed by atoms with Crippen LogP contribution in [0.3, 0.4) is 0 Å². The Labute approximate surface area is 145 Å². The molecule has 1 aliphatic rings. The van der Waals surface area contributed by atoms with Gasteiger partial charge in [0, 0.05) is 13.2 Å². The first-order valence-electron chi connectivity index (χ1n) is 8.07. The van der Waals surface area contributed by atoms with Gasteiger partial charge in [-0.3, -0.25) is 4.79 Å². The predicted molar refractivity (Wildman–Crippen MR) is 90.3 cm³/mol. The van der Waals surface area contributed by atoms with E-state index in [9.17, 15) is 9.59 Å². The van der Waals surface area contributed by atoms with Crippen LogP contribution in [-0.2, 0) is 20.9 Å². The lowest BCUT2D eigenvalue weighted by Crippen LogP contribution is -2.38. The molecular formula is C19H19NO5. The summed E-state index contributed by atoms with van der Waals surface area (Å²) in [5, 5.41) is 11.8. The first kappa shape index (κ1) is 17.0. The molecule has 0 aromatic heterocycles. The number of carboxylic acids is 1. The topological polar surface area (TPSA) is 84.9 Å². The first-order chi connectivity index (χ1) is 12.1.